The number of hydrazone groups is 1. The summed E-state index contributed by atoms with van der Waals surface area (Å²) in [5.41, 5.74) is 5.13. The summed E-state index contributed by atoms with van der Waals surface area (Å²) in [6.07, 6.45) is 1.34. The molecular formula is C18H20N4O4. The van der Waals surface area contributed by atoms with Crippen LogP contribution in [0.25, 0.3) is 0 Å². The van der Waals surface area contributed by atoms with E-state index < -0.39 is 10.8 Å². The average molecular weight is 356 g/mol. The van der Waals surface area contributed by atoms with Gasteiger partial charge in [-0.1, -0.05) is 18.2 Å². The Hall–Kier alpha value is -3.42. The minimum Gasteiger partial charge on any atom is -0.483 e. The first-order chi connectivity index (χ1) is 12.4. The lowest BCUT2D eigenvalue weighted by atomic mass is 10.1. The molecule has 0 saturated heterocycles. The van der Waals surface area contributed by atoms with Crippen LogP contribution in [0.1, 0.15) is 16.7 Å². The zero-order valence-electron chi connectivity index (χ0n) is 14.8. The standard InChI is InChI=1S/C18H20N4O4/c1-12-4-5-13(2)17(8-12)26-11-18(23)21-20-10-14-6-7-15(19-3)16(9-14)22(24)25/h4-10,19H,11H2,1-3H3,(H,21,23)/b20-10+. The molecular weight excluding hydrogens is 336 g/mol. The average Bonchev–Trinajstić information content (AvgIpc) is 2.62. The van der Waals surface area contributed by atoms with Crippen molar-refractivity contribution in [2.45, 2.75) is 13.8 Å². The largest absolute Gasteiger partial charge is 0.483 e. The first-order valence-electron chi connectivity index (χ1n) is 7.89. The molecule has 0 aliphatic carbocycles. The minimum atomic E-state index is -0.486. The molecule has 0 unspecified atom stereocenters. The molecule has 0 heterocycles. The summed E-state index contributed by atoms with van der Waals surface area (Å²) in [5.74, 6) is 0.214. The molecule has 1 amide bonds. The molecule has 2 aromatic carbocycles. The van der Waals surface area contributed by atoms with E-state index in [-0.39, 0.29) is 12.3 Å². The first kappa shape index (κ1) is 18.9. The van der Waals surface area contributed by atoms with Crippen LogP contribution >= 0.6 is 0 Å². The molecule has 2 N–H and O–H groups in total. The maximum atomic E-state index is 11.8. The third-order valence-electron chi connectivity index (χ3n) is 3.59. The molecule has 8 nitrogen and oxygen atoms in total. The van der Waals surface area contributed by atoms with E-state index in [2.05, 4.69) is 15.8 Å². The quantitative estimate of drug-likeness (QED) is 0.451. The first-order valence-corrected chi connectivity index (χ1v) is 7.89. The minimum absolute atomic E-state index is 0.0685. The lowest BCUT2D eigenvalue weighted by molar-refractivity contribution is -0.383. The zero-order valence-corrected chi connectivity index (χ0v) is 14.8. The van der Waals surface area contributed by atoms with Crippen LogP contribution < -0.4 is 15.5 Å². The fourth-order valence-electron chi connectivity index (χ4n) is 2.21. The second-order valence-corrected chi connectivity index (χ2v) is 5.63. The summed E-state index contributed by atoms with van der Waals surface area (Å²) in [4.78, 5) is 22.3. The molecule has 136 valence electrons. The number of benzene rings is 2. The van der Waals surface area contributed by atoms with Gasteiger partial charge >= 0.3 is 0 Å². The van der Waals surface area contributed by atoms with E-state index in [1.54, 1.807) is 19.2 Å². The van der Waals surface area contributed by atoms with Crippen LogP contribution in [0, 0.1) is 24.0 Å². The highest BCUT2D eigenvalue weighted by Crippen LogP contribution is 2.24. The highest BCUT2D eigenvalue weighted by molar-refractivity contribution is 5.85. The highest BCUT2D eigenvalue weighted by atomic mass is 16.6. The predicted octanol–water partition coefficient (Wildman–Crippen LogP) is 2.78. The van der Waals surface area contributed by atoms with Gasteiger partial charge in [0, 0.05) is 18.7 Å². The smallest absolute Gasteiger partial charge is 0.292 e. The number of carbonyl (C=O) groups is 1. The van der Waals surface area contributed by atoms with Crippen molar-refractivity contribution < 1.29 is 14.5 Å². The van der Waals surface area contributed by atoms with Crippen LogP contribution in [-0.4, -0.2) is 30.7 Å². The second kappa shape index (κ2) is 8.61. The summed E-state index contributed by atoms with van der Waals surface area (Å²) in [7, 11) is 1.60. The van der Waals surface area contributed by atoms with Gasteiger partial charge in [0.1, 0.15) is 11.4 Å². The van der Waals surface area contributed by atoms with Crippen molar-refractivity contribution in [3.63, 3.8) is 0 Å². The Morgan fingerprint density at radius 3 is 2.73 bits per heavy atom. The Bertz CT molecular complexity index is 849. The third-order valence-corrected chi connectivity index (χ3v) is 3.59. The van der Waals surface area contributed by atoms with Crippen molar-refractivity contribution in [2.24, 2.45) is 5.10 Å². The van der Waals surface area contributed by atoms with Gasteiger partial charge < -0.3 is 10.1 Å². The maximum absolute atomic E-state index is 11.8. The Morgan fingerprint density at radius 1 is 1.27 bits per heavy atom. The number of anilines is 1. The summed E-state index contributed by atoms with van der Waals surface area (Å²) in [6, 6.07) is 10.3. The second-order valence-electron chi connectivity index (χ2n) is 5.63. The topological polar surface area (TPSA) is 106 Å². The SMILES string of the molecule is CNc1ccc(/C=N/NC(=O)COc2cc(C)ccc2C)cc1[N+](=O)[O-]. The van der Waals surface area contributed by atoms with E-state index in [1.807, 2.05) is 32.0 Å². The van der Waals surface area contributed by atoms with Gasteiger partial charge in [0.2, 0.25) is 0 Å². The number of nitrogens with one attached hydrogen (secondary N) is 2. The van der Waals surface area contributed by atoms with Gasteiger partial charge in [-0.05, 0) is 37.1 Å². The molecule has 8 heteroatoms. The fourth-order valence-corrected chi connectivity index (χ4v) is 2.21. The van der Waals surface area contributed by atoms with Crippen LogP contribution in [0.5, 0.6) is 5.75 Å². The monoisotopic (exact) mass is 356 g/mol. The van der Waals surface area contributed by atoms with Crippen LogP contribution in [0.15, 0.2) is 41.5 Å². The number of hydrogen-bond acceptors (Lipinski definition) is 6. The fraction of sp³-hybridized carbons (Fsp3) is 0.222. The van der Waals surface area contributed by atoms with Gasteiger partial charge in [-0.25, -0.2) is 5.43 Å². The van der Waals surface area contributed by atoms with Gasteiger partial charge in [-0.3, -0.25) is 14.9 Å². The molecule has 0 saturated carbocycles. The Morgan fingerprint density at radius 2 is 2.04 bits per heavy atom. The number of hydrogen-bond donors (Lipinski definition) is 2. The van der Waals surface area contributed by atoms with Crippen molar-refractivity contribution in [2.75, 3.05) is 19.0 Å². The molecule has 2 rings (SSSR count). The van der Waals surface area contributed by atoms with Crippen LogP contribution in [0.3, 0.4) is 0 Å². The van der Waals surface area contributed by atoms with Gasteiger partial charge in [-0.15, -0.1) is 0 Å². The van der Waals surface area contributed by atoms with E-state index in [9.17, 15) is 14.9 Å². The molecule has 0 spiro atoms. The molecule has 2 aromatic rings. The van der Waals surface area contributed by atoms with Crippen LogP contribution in [-0.2, 0) is 4.79 Å². The number of carbonyl (C=O) groups excluding carboxylic acids is 1. The molecule has 0 aromatic heterocycles. The predicted molar refractivity (Wildman–Crippen MR) is 99.8 cm³/mol. The van der Waals surface area contributed by atoms with E-state index in [0.717, 1.165) is 11.1 Å². The highest BCUT2D eigenvalue weighted by Gasteiger charge is 2.12. The number of nitro groups is 1. The number of amides is 1. The molecule has 0 fully saturated rings. The van der Waals surface area contributed by atoms with E-state index in [4.69, 9.17) is 4.74 Å². The van der Waals surface area contributed by atoms with Gasteiger partial charge in [0.05, 0.1) is 11.1 Å². The summed E-state index contributed by atoms with van der Waals surface area (Å²) in [6.45, 7) is 3.65. The van der Waals surface area contributed by atoms with Gasteiger partial charge in [0.15, 0.2) is 6.61 Å². The van der Waals surface area contributed by atoms with Crippen LogP contribution in [0.4, 0.5) is 11.4 Å². The molecule has 0 radical (unpaired) electrons. The lowest BCUT2D eigenvalue weighted by Crippen LogP contribution is -2.24. The van der Waals surface area contributed by atoms with E-state index >= 15 is 0 Å². The van der Waals surface area contributed by atoms with Crippen molar-refractivity contribution in [1.29, 1.82) is 0 Å². The number of aryl methyl sites for hydroxylation is 2. The summed E-state index contributed by atoms with van der Waals surface area (Å²) >= 11 is 0. The Balaban J connectivity index is 1.93. The summed E-state index contributed by atoms with van der Waals surface area (Å²) < 4.78 is 5.48. The van der Waals surface area contributed by atoms with Gasteiger partial charge in [-0.2, -0.15) is 5.10 Å². The summed E-state index contributed by atoms with van der Waals surface area (Å²) in [5, 5.41) is 17.6. The number of nitro benzene ring substituents is 1. The third kappa shape index (κ3) is 5.04. The van der Waals surface area contributed by atoms with Crippen molar-refractivity contribution in [1.82, 2.24) is 5.43 Å². The number of rotatable bonds is 7. The molecule has 0 bridgehead atoms. The zero-order chi connectivity index (χ0) is 19.1. The van der Waals surface area contributed by atoms with E-state index in [0.29, 0.717) is 17.0 Å². The van der Waals surface area contributed by atoms with Crippen molar-refractivity contribution >= 4 is 23.5 Å². The number of nitrogens with zero attached hydrogens (tertiary/aromatic N) is 2. The van der Waals surface area contributed by atoms with Crippen molar-refractivity contribution in [3.05, 3.63) is 63.2 Å². The van der Waals surface area contributed by atoms with Crippen molar-refractivity contribution in [3.8, 4) is 5.75 Å². The normalized spacial score (nSPS) is 10.6. The number of ether oxygens (including phenoxy) is 1. The van der Waals surface area contributed by atoms with Crippen LogP contribution in [0.2, 0.25) is 0 Å². The molecule has 26 heavy (non-hydrogen) atoms. The maximum Gasteiger partial charge on any atom is 0.292 e. The molecule has 0 aliphatic heterocycles. The molecule has 0 aliphatic rings. The Kier molecular flexibility index (Phi) is 6.26. The lowest BCUT2D eigenvalue weighted by Gasteiger charge is -2.08. The van der Waals surface area contributed by atoms with E-state index in [1.165, 1.54) is 12.3 Å². The van der Waals surface area contributed by atoms with Gasteiger partial charge in [0.25, 0.3) is 11.6 Å². The Labute approximate surface area is 151 Å². The molecule has 0 atom stereocenters.